The van der Waals surface area contributed by atoms with Crippen LogP contribution < -0.4 is 0 Å². The van der Waals surface area contributed by atoms with Gasteiger partial charge in [0.05, 0.1) is 11.2 Å². The van der Waals surface area contributed by atoms with E-state index in [-0.39, 0.29) is 18.1 Å². The second-order valence-electron chi connectivity index (χ2n) is 7.42. The van der Waals surface area contributed by atoms with E-state index in [0.717, 1.165) is 21.7 Å². The van der Waals surface area contributed by atoms with Crippen LogP contribution in [0, 0.1) is 12.7 Å². The number of fused-ring (bicyclic) bond motifs is 3. The number of hydrogen-bond acceptors (Lipinski definition) is 6. The minimum Gasteiger partial charge on any atom is -0.454 e. The van der Waals surface area contributed by atoms with Gasteiger partial charge in [-0.25, -0.2) is 14.2 Å². The van der Waals surface area contributed by atoms with Crippen molar-refractivity contribution in [3.63, 3.8) is 0 Å². The van der Waals surface area contributed by atoms with Crippen molar-refractivity contribution in [2.24, 2.45) is 0 Å². The van der Waals surface area contributed by atoms with Gasteiger partial charge in [-0.05, 0) is 52.6 Å². The third-order valence-electron chi connectivity index (χ3n) is 5.26. The lowest BCUT2D eigenvalue weighted by Crippen LogP contribution is -2.15. The van der Waals surface area contributed by atoms with Gasteiger partial charge in [0, 0.05) is 10.8 Å². The highest BCUT2D eigenvalue weighted by molar-refractivity contribution is 6.15. The third-order valence-corrected chi connectivity index (χ3v) is 5.26. The van der Waals surface area contributed by atoms with E-state index in [1.807, 2.05) is 48.5 Å². The molecule has 0 saturated heterocycles. The summed E-state index contributed by atoms with van der Waals surface area (Å²) in [6.07, 6.45) is 1.55. The molecule has 0 aliphatic heterocycles. The van der Waals surface area contributed by atoms with Crippen molar-refractivity contribution in [3.05, 3.63) is 95.7 Å². The van der Waals surface area contributed by atoms with E-state index in [9.17, 15) is 9.18 Å². The zero-order valence-corrected chi connectivity index (χ0v) is 17.6. The van der Waals surface area contributed by atoms with Gasteiger partial charge < -0.3 is 4.74 Å². The maximum Gasteiger partial charge on any atom is 0.357 e. The molecule has 162 valence electrons. The highest BCUT2D eigenvalue weighted by Gasteiger charge is 2.19. The van der Waals surface area contributed by atoms with Crippen molar-refractivity contribution < 1.29 is 13.9 Å². The molecule has 2 aromatic heterocycles. The van der Waals surface area contributed by atoms with Gasteiger partial charge in [0.15, 0.2) is 11.5 Å². The van der Waals surface area contributed by atoms with Gasteiger partial charge in [-0.15, -0.1) is 5.10 Å². The van der Waals surface area contributed by atoms with Crippen molar-refractivity contribution in [3.8, 4) is 0 Å². The molecule has 33 heavy (non-hydrogen) atoms. The summed E-state index contributed by atoms with van der Waals surface area (Å²) in [5.74, 6) is -0.590. The number of carbonyl (C=O) groups excluding carboxylic acids is 1. The number of hydrogen-bond donors (Lipinski definition) is 0. The fourth-order valence-corrected chi connectivity index (χ4v) is 3.67. The predicted molar refractivity (Wildman–Crippen MR) is 122 cm³/mol. The lowest BCUT2D eigenvalue weighted by atomic mass is 10.0. The fourth-order valence-electron chi connectivity index (χ4n) is 3.67. The zero-order chi connectivity index (χ0) is 22.8. The molecule has 0 aliphatic rings. The van der Waals surface area contributed by atoms with Gasteiger partial charge in [0.2, 0.25) is 0 Å². The summed E-state index contributed by atoms with van der Waals surface area (Å²) < 4.78 is 20.3. The summed E-state index contributed by atoms with van der Waals surface area (Å²) in [4.78, 5) is 17.9. The van der Waals surface area contributed by atoms with E-state index < -0.39 is 5.97 Å². The van der Waals surface area contributed by atoms with Crippen LogP contribution in [0.3, 0.4) is 0 Å². The maximum absolute atomic E-state index is 13.3. The standard InChI is InChI=1S/C25H18FN5O2/c1-16-28-29-30-31(16)24(14-17-10-12-18(26)13-11-17)25(32)33-15-23-21-8-3-2-6-19(21)20-7-4-5-9-22(20)27-23/h2-14H,15H2,1H3/b24-14-. The maximum atomic E-state index is 13.3. The number of pyridine rings is 1. The highest BCUT2D eigenvalue weighted by atomic mass is 19.1. The number of halogens is 1. The Morgan fingerprint density at radius 1 is 0.970 bits per heavy atom. The summed E-state index contributed by atoms with van der Waals surface area (Å²) in [6.45, 7) is 1.64. The van der Waals surface area contributed by atoms with Gasteiger partial charge in [-0.3, -0.25) is 0 Å². The van der Waals surface area contributed by atoms with Crippen LogP contribution in [0.4, 0.5) is 4.39 Å². The fraction of sp³-hybridized carbons (Fsp3) is 0.0800. The molecule has 0 saturated carbocycles. The Kier molecular flexibility index (Phi) is 5.32. The van der Waals surface area contributed by atoms with Crippen LogP contribution in [0.15, 0.2) is 72.8 Å². The predicted octanol–water partition coefficient (Wildman–Crippen LogP) is 4.56. The number of aromatic nitrogens is 5. The van der Waals surface area contributed by atoms with Gasteiger partial charge in [0.1, 0.15) is 12.4 Å². The SMILES string of the molecule is Cc1nnnn1/C(=C\c1ccc(F)cc1)C(=O)OCc1nc2ccccc2c2ccccc12. The average Bonchev–Trinajstić information content (AvgIpc) is 3.27. The molecule has 5 aromatic rings. The molecule has 0 atom stereocenters. The molecule has 2 heterocycles. The van der Waals surface area contributed by atoms with Crippen molar-refractivity contribution in [2.45, 2.75) is 13.5 Å². The van der Waals surface area contributed by atoms with Crippen molar-refractivity contribution in [2.75, 3.05) is 0 Å². The smallest absolute Gasteiger partial charge is 0.357 e. The van der Waals surface area contributed by atoms with E-state index in [1.54, 1.807) is 25.1 Å². The molecule has 0 spiro atoms. The molecular formula is C25H18FN5O2. The lowest BCUT2D eigenvalue weighted by Gasteiger charge is -2.12. The minimum absolute atomic E-state index is 0.0356. The largest absolute Gasteiger partial charge is 0.454 e. The van der Waals surface area contributed by atoms with Gasteiger partial charge in [0.25, 0.3) is 0 Å². The van der Waals surface area contributed by atoms with E-state index in [1.165, 1.54) is 16.8 Å². The molecule has 0 N–H and O–H groups in total. The number of benzene rings is 3. The van der Waals surface area contributed by atoms with E-state index >= 15 is 0 Å². The minimum atomic E-state index is -0.631. The van der Waals surface area contributed by atoms with Crippen LogP contribution in [0.25, 0.3) is 33.4 Å². The number of carbonyl (C=O) groups is 1. The number of esters is 1. The Bertz CT molecular complexity index is 1510. The normalized spacial score (nSPS) is 11.8. The number of para-hydroxylation sites is 1. The van der Waals surface area contributed by atoms with Gasteiger partial charge in [-0.2, -0.15) is 4.68 Å². The number of tetrazole rings is 1. The topological polar surface area (TPSA) is 82.8 Å². The van der Waals surface area contributed by atoms with Crippen molar-refractivity contribution >= 4 is 39.4 Å². The highest BCUT2D eigenvalue weighted by Crippen LogP contribution is 2.27. The van der Waals surface area contributed by atoms with Crippen LogP contribution in [0.2, 0.25) is 0 Å². The Balaban J connectivity index is 1.50. The molecule has 0 bridgehead atoms. The van der Waals surface area contributed by atoms with Crippen LogP contribution in [-0.4, -0.2) is 31.2 Å². The first-order chi connectivity index (χ1) is 16.1. The van der Waals surface area contributed by atoms with Crippen molar-refractivity contribution in [1.29, 1.82) is 0 Å². The molecule has 8 heteroatoms. The third kappa shape index (κ3) is 4.06. The van der Waals surface area contributed by atoms with E-state index in [2.05, 4.69) is 15.5 Å². The number of nitrogens with zero attached hydrogens (tertiary/aromatic N) is 5. The van der Waals surface area contributed by atoms with Crippen LogP contribution in [0.5, 0.6) is 0 Å². The second-order valence-corrected chi connectivity index (χ2v) is 7.42. The summed E-state index contributed by atoms with van der Waals surface area (Å²) in [5, 5.41) is 14.3. The summed E-state index contributed by atoms with van der Waals surface area (Å²) in [6, 6.07) is 21.4. The number of aryl methyl sites for hydroxylation is 1. The Morgan fingerprint density at radius 2 is 1.67 bits per heavy atom. The molecule has 7 nitrogen and oxygen atoms in total. The molecule has 0 radical (unpaired) electrons. The van der Waals surface area contributed by atoms with Gasteiger partial charge in [-0.1, -0.05) is 54.6 Å². The first kappa shape index (κ1) is 20.4. The van der Waals surface area contributed by atoms with E-state index in [4.69, 9.17) is 9.72 Å². The monoisotopic (exact) mass is 439 g/mol. The van der Waals surface area contributed by atoms with Crippen LogP contribution in [-0.2, 0) is 16.1 Å². The Labute approximate surface area is 188 Å². The number of rotatable bonds is 5. The molecular weight excluding hydrogens is 421 g/mol. The van der Waals surface area contributed by atoms with Crippen molar-refractivity contribution in [1.82, 2.24) is 25.2 Å². The Hall–Kier alpha value is -4.46. The van der Waals surface area contributed by atoms with E-state index in [0.29, 0.717) is 17.1 Å². The van der Waals surface area contributed by atoms with Crippen LogP contribution in [0.1, 0.15) is 17.1 Å². The first-order valence-electron chi connectivity index (χ1n) is 10.3. The molecule has 0 unspecified atom stereocenters. The molecule has 0 fully saturated rings. The Morgan fingerprint density at radius 3 is 2.39 bits per heavy atom. The average molecular weight is 439 g/mol. The molecule has 0 aliphatic carbocycles. The van der Waals surface area contributed by atoms with Gasteiger partial charge >= 0.3 is 5.97 Å². The second kappa shape index (κ2) is 8.58. The summed E-state index contributed by atoms with van der Waals surface area (Å²) in [7, 11) is 0. The summed E-state index contributed by atoms with van der Waals surface area (Å²) in [5.41, 5.74) is 2.18. The quantitative estimate of drug-likeness (QED) is 0.227. The molecule has 0 amide bonds. The lowest BCUT2D eigenvalue weighted by molar-refractivity contribution is -0.138. The zero-order valence-electron chi connectivity index (χ0n) is 17.6. The van der Waals surface area contributed by atoms with Crippen LogP contribution >= 0.6 is 0 Å². The molecule has 5 rings (SSSR count). The number of ether oxygens (including phenoxy) is 1. The first-order valence-corrected chi connectivity index (χ1v) is 10.3. The molecule has 3 aromatic carbocycles. The summed E-state index contributed by atoms with van der Waals surface area (Å²) >= 11 is 0.